The molecule has 1 amide bonds. The lowest BCUT2D eigenvalue weighted by Crippen LogP contribution is -2.58. The number of rotatable bonds is 7. The predicted molar refractivity (Wildman–Crippen MR) is 150 cm³/mol. The molecule has 41 heavy (non-hydrogen) atoms. The Labute approximate surface area is 237 Å². The Kier molecular flexibility index (Phi) is 7.17. The quantitative estimate of drug-likeness (QED) is 0.318. The molecular formula is C31H34N2O8. The maximum Gasteiger partial charge on any atom is 0.255 e. The molecule has 216 valence electrons. The highest BCUT2D eigenvalue weighted by atomic mass is 16.5. The van der Waals surface area contributed by atoms with Gasteiger partial charge in [0.1, 0.15) is 28.6 Å². The van der Waals surface area contributed by atoms with E-state index < -0.39 is 52.0 Å². The number of Topliss-reactive ketones (excluding diaryl/α,β-unsaturated/α-hetero) is 2. The van der Waals surface area contributed by atoms with Crippen molar-refractivity contribution in [3.63, 3.8) is 0 Å². The van der Waals surface area contributed by atoms with Gasteiger partial charge in [-0.25, -0.2) is 0 Å². The fourth-order valence-corrected chi connectivity index (χ4v) is 6.64. The lowest BCUT2D eigenvalue weighted by Gasteiger charge is -2.46. The second-order valence-electron chi connectivity index (χ2n) is 10.9. The number of primary amides is 1. The Morgan fingerprint density at radius 2 is 1.78 bits per heavy atom. The number of ether oxygens (including phenoxy) is 1. The van der Waals surface area contributed by atoms with Gasteiger partial charge in [-0.3, -0.25) is 19.3 Å². The highest BCUT2D eigenvalue weighted by molar-refractivity contribution is 6.22. The van der Waals surface area contributed by atoms with Gasteiger partial charge in [0.25, 0.3) is 5.91 Å². The number of nitrogens with zero attached hydrogens (tertiary/aromatic N) is 1. The third kappa shape index (κ3) is 4.29. The molecule has 3 aliphatic rings. The molecule has 5 rings (SSSR count). The standard InChI is InChI=1S/C31H34N2O8/c1-4-33(5-2)14-15-6-9-23(41-3)19(10-15)18-7-8-21(34)25-20(18)12-16-11-17-13-22(35)26(30(32)39)29(38)31(17,40)28(37)24(16)27(25)36/h6-10,16-17,34,36,38,40H,4-5,11-14H2,1-3H3,(H2,32,39)/t16-,17+,31+/m1/s1. The minimum absolute atomic E-state index is 0.0471. The van der Waals surface area contributed by atoms with E-state index in [1.54, 1.807) is 13.2 Å². The summed E-state index contributed by atoms with van der Waals surface area (Å²) in [6.07, 6.45) is -0.0885. The second-order valence-corrected chi connectivity index (χ2v) is 10.9. The average molecular weight is 563 g/mol. The Bertz CT molecular complexity index is 1540. The Balaban J connectivity index is 1.67. The number of fused-ring (bicyclic) bond motifs is 3. The fraction of sp³-hybridized carbons (Fsp3) is 0.387. The van der Waals surface area contributed by atoms with Crippen molar-refractivity contribution in [1.82, 2.24) is 4.90 Å². The number of nitrogens with two attached hydrogens (primary N) is 1. The number of phenolic OH excluding ortho intramolecular Hbond substituents is 1. The van der Waals surface area contributed by atoms with Crippen molar-refractivity contribution < 1.29 is 39.5 Å². The first-order valence-electron chi connectivity index (χ1n) is 13.7. The first-order chi connectivity index (χ1) is 19.5. The Hall–Kier alpha value is -4.15. The van der Waals surface area contributed by atoms with Crippen LogP contribution < -0.4 is 10.5 Å². The highest BCUT2D eigenvalue weighted by Gasteiger charge is 2.60. The number of aliphatic hydroxyl groups excluding tert-OH is 2. The minimum Gasteiger partial charge on any atom is -0.508 e. The molecule has 3 aliphatic carbocycles. The van der Waals surface area contributed by atoms with E-state index in [0.717, 1.165) is 30.8 Å². The van der Waals surface area contributed by atoms with Crippen LogP contribution in [0.1, 0.15) is 43.4 Å². The van der Waals surface area contributed by atoms with E-state index in [4.69, 9.17) is 10.5 Å². The van der Waals surface area contributed by atoms with Gasteiger partial charge in [-0.2, -0.15) is 0 Å². The summed E-state index contributed by atoms with van der Waals surface area (Å²) in [5, 5.41) is 44.5. The van der Waals surface area contributed by atoms with E-state index in [0.29, 0.717) is 16.9 Å². The number of carbonyl (C=O) groups excluding carboxylic acids is 3. The van der Waals surface area contributed by atoms with Crippen molar-refractivity contribution in [2.24, 2.45) is 17.6 Å². The zero-order valence-electron chi connectivity index (χ0n) is 23.2. The number of phenols is 1. The van der Waals surface area contributed by atoms with Crippen LogP contribution in [0.3, 0.4) is 0 Å². The van der Waals surface area contributed by atoms with Crippen LogP contribution in [0, 0.1) is 11.8 Å². The van der Waals surface area contributed by atoms with Gasteiger partial charge >= 0.3 is 0 Å². The van der Waals surface area contributed by atoms with Crippen molar-refractivity contribution in [3.8, 4) is 22.6 Å². The molecule has 1 saturated carbocycles. The molecule has 10 nitrogen and oxygen atoms in total. The van der Waals surface area contributed by atoms with Crippen molar-refractivity contribution in [3.05, 3.63) is 63.9 Å². The summed E-state index contributed by atoms with van der Waals surface area (Å²) in [5.74, 6) is -5.94. The number of hydrogen-bond acceptors (Lipinski definition) is 9. The van der Waals surface area contributed by atoms with Crippen LogP contribution in [0.2, 0.25) is 0 Å². The molecule has 0 saturated heterocycles. The number of amides is 1. The predicted octanol–water partition coefficient (Wildman–Crippen LogP) is 2.94. The van der Waals surface area contributed by atoms with E-state index in [9.17, 15) is 34.8 Å². The van der Waals surface area contributed by atoms with Crippen molar-refractivity contribution in [2.75, 3.05) is 20.2 Å². The maximum atomic E-state index is 13.8. The van der Waals surface area contributed by atoms with Crippen LogP contribution in [0.15, 0.2) is 47.2 Å². The van der Waals surface area contributed by atoms with Crippen molar-refractivity contribution in [2.45, 2.75) is 45.3 Å². The molecule has 3 atom stereocenters. The third-order valence-corrected chi connectivity index (χ3v) is 8.80. The molecule has 2 aromatic carbocycles. The lowest BCUT2D eigenvalue weighted by atomic mass is 9.59. The van der Waals surface area contributed by atoms with Crippen molar-refractivity contribution >= 4 is 23.2 Å². The van der Waals surface area contributed by atoms with Crippen LogP contribution in [0.25, 0.3) is 16.9 Å². The minimum atomic E-state index is -2.59. The average Bonchev–Trinajstić information content (AvgIpc) is 2.93. The van der Waals surface area contributed by atoms with Crippen LogP contribution in [-0.2, 0) is 27.3 Å². The molecule has 2 aromatic rings. The van der Waals surface area contributed by atoms with Crippen LogP contribution in [-0.4, -0.2) is 68.6 Å². The summed E-state index contributed by atoms with van der Waals surface area (Å²) < 4.78 is 5.68. The van der Waals surface area contributed by atoms with Gasteiger partial charge in [0.15, 0.2) is 11.4 Å². The molecule has 0 bridgehead atoms. The van der Waals surface area contributed by atoms with Gasteiger partial charge < -0.3 is 30.9 Å². The van der Waals surface area contributed by atoms with Gasteiger partial charge in [0, 0.05) is 30.0 Å². The van der Waals surface area contributed by atoms with E-state index >= 15 is 0 Å². The monoisotopic (exact) mass is 562 g/mol. The van der Waals surface area contributed by atoms with E-state index in [1.807, 2.05) is 18.2 Å². The van der Waals surface area contributed by atoms with Gasteiger partial charge in [-0.05, 0) is 66.7 Å². The normalized spacial score (nSPS) is 23.8. The number of hydrogen-bond donors (Lipinski definition) is 5. The number of carbonyl (C=O) groups is 3. The molecule has 0 radical (unpaired) electrons. The van der Waals surface area contributed by atoms with E-state index in [1.165, 1.54) is 6.07 Å². The van der Waals surface area contributed by atoms with Gasteiger partial charge in [-0.1, -0.05) is 26.0 Å². The number of aromatic hydroxyl groups is 1. The molecule has 1 fully saturated rings. The molecule has 0 unspecified atom stereocenters. The van der Waals surface area contributed by atoms with Gasteiger partial charge in [-0.15, -0.1) is 0 Å². The van der Waals surface area contributed by atoms with Crippen LogP contribution in [0.4, 0.5) is 0 Å². The number of ketones is 2. The van der Waals surface area contributed by atoms with E-state index in [2.05, 4.69) is 18.7 Å². The topological polar surface area (TPSA) is 171 Å². The summed E-state index contributed by atoms with van der Waals surface area (Å²) in [6, 6.07) is 9.04. The molecule has 0 aliphatic heterocycles. The van der Waals surface area contributed by atoms with Crippen LogP contribution in [0.5, 0.6) is 11.5 Å². The smallest absolute Gasteiger partial charge is 0.255 e. The zero-order valence-corrected chi connectivity index (χ0v) is 23.2. The first kappa shape index (κ1) is 28.4. The summed E-state index contributed by atoms with van der Waals surface area (Å²) in [6.45, 7) is 6.66. The largest absolute Gasteiger partial charge is 0.508 e. The summed E-state index contributed by atoms with van der Waals surface area (Å²) in [5.41, 5.74) is 4.82. The molecule has 0 heterocycles. The van der Waals surface area contributed by atoms with Crippen LogP contribution >= 0.6 is 0 Å². The first-order valence-corrected chi connectivity index (χ1v) is 13.7. The van der Waals surface area contributed by atoms with Gasteiger partial charge in [0.2, 0.25) is 5.78 Å². The maximum absolute atomic E-state index is 13.8. The SMILES string of the molecule is CCN(CC)Cc1ccc(OC)c(-c2ccc(O)c3c2C[C@H]2C[C@H]4CC(=O)C(C(N)=O)=C(O)[C@@]4(O)C(=O)C2=C3O)c1. The van der Waals surface area contributed by atoms with Crippen molar-refractivity contribution in [1.29, 1.82) is 0 Å². The lowest BCUT2D eigenvalue weighted by molar-refractivity contribution is -0.147. The number of aliphatic hydroxyl groups is 3. The van der Waals surface area contributed by atoms with Gasteiger partial charge in [0.05, 0.1) is 12.7 Å². The fourth-order valence-electron chi connectivity index (χ4n) is 6.64. The second kappa shape index (κ2) is 10.4. The number of benzene rings is 2. The zero-order chi connectivity index (χ0) is 29.8. The summed E-state index contributed by atoms with van der Waals surface area (Å²) in [7, 11) is 1.56. The molecule has 6 N–H and O–H groups in total. The summed E-state index contributed by atoms with van der Waals surface area (Å²) in [4.78, 5) is 40.5. The highest BCUT2D eigenvalue weighted by Crippen LogP contribution is 2.53. The number of methoxy groups -OCH3 is 1. The molecular weight excluding hydrogens is 528 g/mol. The molecule has 0 spiro atoms. The molecule has 10 heteroatoms. The third-order valence-electron chi connectivity index (χ3n) is 8.80. The Morgan fingerprint density at radius 3 is 2.41 bits per heavy atom. The summed E-state index contributed by atoms with van der Waals surface area (Å²) >= 11 is 0. The molecule has 0 aromatic heterocycles. The Morgan fingerprint density at radius 1 is 1.07 bits per heavy atom. The van der Waals surface area contributed by atoms with E-state index in [-0.39, 0.29) is 36.1 Å².